The largest absolute Gasteiger partial charge is 0.497 e. The standard InChI is InChI=1S/C22H28O2/c1-14(23)12-16-5-9-21-20-7-4-15-13-17(24-3)6-8-18(15)19(20)10-11-22(16,21)2/h6,8,12-13,19-21H,4-5,7,9-11H2,1-3H3/b16-12+. The third kappa shape index (κ3) is 2.34. The Bertz CT molecular complexity index is 702. The number of rotatable bonds is 2. The number of hydrogen-bond acceptors (Lipinski definition) is 2. The zero-order valence-electron chi connectivity index (χ0n) is 15.1. The number of methoxy groups -OCH3 is 1. The summed E-state index contributed by atoms with van der Waals surface area (Å²) in [5.41, 5.74) is 4.75. The van der Waals surface area contributed by atoms with Crippen LogP contribution in [0.5, 0.6) is 5.75 Å². The van der Waals surface area contributed by atoms with E-state index in [4.69, 9.17) is 4.74 Å². The summed E-state index contributed by atoms with van der Waals surface area (Å²) in [5.74, 6) is 3.43. The highest BCUT2D eigenvalue weighted by molar-refractivity contribution is 5.88. The van der Waals surface area contributed by atoms with Gasteiger partial charge in [0.1, 0.15) is 5.75 Å². The van der Waals surface area contributed by atoms with Crippen LogP contribution in [0.4, 0.5) is 0 Å². The quantitative estimate of drug-likeness (QED) is 0.710. The third-order valence-corrected chi connectivity index (χ3v) is 7.16. The van der Waals surface area contributed by atoms with Gasteiger partial charge in [0.2, 0.25) is 0 Å². The number of carbonyl (C=O) groups excluding carboxylic acids is 1. The molecule has 0 spiro atoms. The first-order valence-corrected chi connectivity index (χ1v) is 9.41. The second-order valence-electron chi connectivity index (χ2n) is 8.26. The zero-order valence-corrected chi connectivity index (χ0v) is 15.1. The second kappa shape index (κ2) is 5.75. The summed E-state index contributed by atoms with van der Waals surface area (Å²) >= 11 is 0. The average molecular weight is 324 g/mol. The minimum Gasteiger partial charge on any atom is -0.497 e. The van der Waals surface area contributed by atoms with Crippen LogP contribution in [0.3, 0.4) is 0 Å². The molecule has 4 rings (SSSR count). The predicted octanol–water partition coefficient (Wildman–Crippen LogP) is 5.07. The van der Waals surface area contributed by atoms with Gasteiger partial charge in [-0.3, -0.25) is 4.79 Å². The van der Waals surface area contributed by atoms with Crippen molar-refractivity contribution in [2.24, 2.45) is 17.3 Å². The van der Waals surface area contributed by atoms with Crippen LogP contribution in [0.15, 0.2) is 29.8 Å². The molecule has 3 aliphatic carbocycles. The van der Waals surface area contributed by atoms with E-state index in [0.29, 0.717) is 5.92 Å². The fraction of sp³-hybridized carbons (Fsp3) is 0.591. The van der Waals surface area contributed by atoms with Crippen LogP contribution in [-0.4, -0.2) is 12.9 Å². The molecule has 2 nitrogen and oxygen atoms in total. The lowest BCUT2D eigenvalue weighted by Gasteiger charge is -2.49. The zero-order chi connectivity index (χ0) is 16.9. The van der Waals surface area contributed by atoms with Crippen LogP contribution in [0.25, 0.3) is 0 Å². The Labute approximate surface area is 145 Å². The van der Waals surface area contributed by atoms with E-state index in [9.17, 15) is 4.79 Å². The van der Waals surface area contributed by atoms with Gasteiger partial charge < -0.3 is 4.74 Å². The van der Waals surface area contributed by atoms with E-state index in [0.717, 1.165) is 24.0 Å². The van der Waals surface area contributed by atoms with Crippen molar-refractivity contribution >= 4 is 5.78 Å². The summed E-state index contributed by atoms with van der Waals surface area (Å²) < 4.78 is 5.41. The Balaban J connectivity index is 1.66. The van der Waals surface area contributed by atoms with Crippen molar-refractivity contribution in [2.45, 2.75) is 58.3 Å². The Morgan fingerprint density at radius 3 is 2.83 bits per heavy atom. The maximum atomic E-state index is 11.6. The molecular weight excluding hydrogens is 296 g/mol. The number of fused-ring (bicyclic) bond motifs is 5. The maximum absolute atomic E-state index is 11.6. The molecule has 1 aromatic carbocycles. The molecule has 0 aliphatic heterocycles. The molecule has 2 saturated carbocycles. The Hall–Kier alpha value is -1.57. The fourth-order valence-corrected chi connectivity index (χ4v) is 6.02. The van der Waals surface area contributed by atoms with E-state index in [-0.39, 0.29) is 11.2 Å². The molecular formula is C22H28O2. The lowest BCUT2D eigenvalue weighted by atomic mass is 9.55. The van der Waals surface area contributed by atoms with Gasteiger partial charge in [0, 0.05) is 0 Å². The van der Waals surface area contributed by atoms with E-state index in [1.807, 2.05) is 6.08 Å². The average Bonchev–Trinajstić information content (AvgIpc) is 2.90. The summed E-state index contributed by atoms with van der Waals surface area (Å²) in [5, 5.41) is 0. The maximum Gasteiger partial charge on any atom is 0.152 e. The van der Waals surface area contributed by atoms with Crippen molar-refractivity contribution in [3.8, 4) is 5.75 Å². The monoisotopic (exact) mass is 324 g/mol. The van der Waals surface area contributed by atoms with Crippen LogP contribution in [0, 0.1) is 17.3 Å². The molecule has 0 radical (unpaired) electrons. The Morgan fingerprint density at radius 1 is 1.25 bits per heavy atom. The first-order chi connectivity index (χ1) is 11.5. The molecule has 2 heteroatoms. The van der Waals surface area contributed by atoms with Gasteiger partial charge in [0.05, 0.1) is 7.11 Å². The third-order valence-electron chi connectivity index (χ3n) is 7.16. The molecule has 3 aliphatic rings. The molecule has 24 heavy (non-hydrogen) atoms. The number of ketones is 1. The number of aryl methyl sites for hydroxylation is 1. The van der Waals surface area contributed by atoms with Gasteiger partial charge in [-0.2, -0.15) is 0 Å². The smallest absolute Gasteiger partial charge is 0.152 e. The van der Waals surface area contributed by atoms with E-state index in [1.54, 1.807) is 19.6 Å². The molecule has 4 atom stereocenters. The van der Waals surface area contributed by atoms with Crippen molar-refractivity contribution in [3.05, 3.63) is 41.0 Å². The normalized spacial score (nSPS) is 36.0. The SMILES string of the molecule is COc1ccc2c(c1)CCC1C2CCC2(C)/C(=C/C(C)=O)CCC12. The summed E-state index contributed by atoms with van der Waals surface area (Å²) in [6.45, 7) is 4.12. The lowest BCUT2D eigenvalue weighted by molar-refractivity contribution is -0.112. The number of ether oxygens (including phenoxy) is 1. The van der Waals surface area contributed by atoms with Crippen molar-refractivity contribution in [2.75, 3.05) is 7.11 Å². The Morgan fingerprint density at radius 2 is 2.08 bits per heavy atom. The van der Waals surface area contributed by atoms with Crippen LogP contribution >= 0.6 is 0 Å². The first-order valence-electron chi connectivity index (χ1n) is 9.41. The predicted molar refractivity (Wildman–Crippen MR) is 96.4 cm³/mol. The molecule has 0 amide bonds. The molecule has 0 saturated heterocycles. The summed E-state index contributed by atoms with van der Waals surface area (Å²) in [6, 6.07) is 6.69. The van der Waals surface area contributed by atoms with Gasteiger partial charge in [-0.15, -0.1) is 0 Å². The summed E-state index contributed by atoms with van der Waals surface area (Å²) in [4.78, 5) is 11.6. The van der Waals surface area contributed by atoms with Crippen LogP contribution in [0.1, 0.15) is 63.0 Å². The fourth-order valence-electron chi connectivity index (χ4n) is 6.02. The van der Waals surface area contributed by atoms with E-state index in [2.05, 4.69) is 25.1 Å². The van der Waals surface area contributed by atoms with Crippen LogP contribution in [-0.2, 0) is 11.2 Å². The second-order valence-corrected chi connectivity index (χ2v) is 8.26. The van der Waals surface area contributed by atoms with E-state index >= 15 is 0 Å². The lowest BCUT2D eigenvalue weighted by Crippen LogP contribution is -2.40. The van der Waals surface area contributed by atoms with Gasteiger partial charge >= 0.3 is 0 Å². The molecule has 4 unspecified atom stereocenters. The molecule has 0 aromatic heterocycles. The van der Waals surface area contributed by atoms with Crippen molar-refractivity contribution in [1.29, 1.82) is 0 Å². The first kappa shape index (κ1) is 15.9. The van der Waals surface area contributed by atoms with Gasteiger partial charge in [-0.05, 0) is 98.0 Å². The van der Waals surface area contributed by atoms with Crippen LogP contribution < -0.4 is 4.74 Å². The van der Waals surface area contributed by atoms with Crippen molar-refractivity contribution in [1.82, 2.24) is 0 Å². The van der Waals surface area contributed by atoms with Crippen molar-refractivity contribution < 1.29 is 9.53 Å². The molecule has 2 fully saturated rings. The molecule has 0 bridgehead atoms. The van der Waals surface area contributed by atoms with Crippen LogP contribution in [0.2, 0.25) is 0 Å². The van der Waals surface area contributed by atoms with Gasteiger partial charge in [-0.25, -0.2) is 0 Å². The number of carbonyl (C=O) groups is 1. The number of hydrogen-bond donors (Lipinski definition) is 0. The highest BCUT2D eigenvalue weighted by Gasteiger charge is 2.52. The number of allylic oxidation sites excluding steroid dienone is 2. The minimum atomic E-state index is 0.218. The minimum absolute atomic E-state index is 0.218. The number of benzene rings is 1. The Kier molecular flexibility index (Phi) is 3.82. The summed E-state index contributed by atoms with van der Waals surface area (Å²) in [7, 11) is 1.75. The molecule has 1 aromatic rings. The van der Waals surface area contributed by atoms with Gasteiger partial charge in [0.25, 0.3) is 0 Å². The van der Waals surface area contributed by atoms with E-state index < -0.39 is 0 Å². The molecule has 128 valence electrons. The van der Waals surface area contributed by atoms with Gasteiger partial charge in [-0.1, -0.05) is 18.6 Å². The van der Waals surface area contributed by atoms with E-state index in [1.165, 1.54) is 43.2 Å². The molecule has 0 N–H and O–H groups in total. The topological polar surface area (TPSA) is 26.3 Å². The highest BCUT2D eigenvalue weighted by Crippen LogP contribution is 2.62. The highest BCUT2D eigenvalue weighted by atomic mass is 16.5. The molecule has 0 heterocycles. The summed E-state index contributed by atoms with van der Waals surface area (Å²) in [6.07, 6.45) is 9.28. The van der Waals surface area contributed by atoms with Gasteiger partial charge in [0.15, 0.2) is 5.78 Å². The van der Waals surface area contributed by atoms with Crippen molar-refractivity contribution in [3.63, 3.8) is 0 Å².